The summed E-state index contributed by atoms with van der Waals surface area (Å²) in [5, 5.41) is 16.5. The van der Waals surface area contributed by atoms with Crippen molar-refractivity contribution < 1.29 is 14.6 Å². The van der Waals surface area contributed by atoms with E-state index in [9.17, 15) is 5.11 Å². The molecule has 0 saturated heterocycles. The zero-order chi connectivity index (χ0) is 39.1. The predicted molar refractivity (Wildman–Crippen MR) is 232 cm³/mol. The molecule has 7 nitrogen and oxygen atoms in total. The van der Waals surface area contributed by atoms with Crippen molar-refractivity contribution in [2.45, 2.75) is 27.3 Å². The third-order valence-electron chi connectivity index (χ3n) is 10.6. The van der Waals surface area contributed by atoms with Crippen LogP contribution >= 0.6 is 0 Å². The van der Waals surface area contributed by atoms with Gasteiger partial charge in [0.2, 0.25) is 5.75 Å². The van der Waals surface area contributed by atoms with Crippen molar-refractivity contribution in [3.8, 4) is 62.7 Å². The van der Waals surface area contributed by atoms with Crippen LogP contribution in [0.3, 0.4) is 0 Å². The molecule has 0 aliphatic heterocycles. The number of benzene rings is 7. The van der Waals surface area contributed by atoms with Crippen molar-refractivity contribution in [3.05, 3.63) is 145 Å². The van der Waals surface area contributed by atoms with Crippen LogP contribution in [0, 0.1) is 13.8 Å². The van der Waals surface area contributed by atoms with E-state index in [1.54, 1.807) is 0 Å². The Bertz CT molecular complexity index is 2600. The Labute approximate surface area is 328 Å². The summed E-state index contributed by atoms with van der Waals surface area (Å²) in [7, 11) is 8.18. The summed E-state index contributed by atoms with van der Waals surface area (Å²) in [6, 6.07) is 45.4. The number of rotatable bonds is 10. The van der Waals surface area contributed by atoms with Gasteiger partial charge in [0, 0.05) is 73.9 Å². The third-order valence-corrected chi connectivity index (χ3v) is 10.6. The molecule has 1 heterocycles. The molecule has 7 heteroatoms. The Morgan fingerprint density at radius 2 is 1.02 bits per heavy atom. The maximum Gasteiger partial charge on any atom is 0.202 e. The average molecular weight is 739 g/mol. The molecule has 0 aliphatic rings. The number of ether oxygens (including phenoxy) is 2. The number of anilines is 2. The molecule has 0 unspecified atom stereocenters. The van der Waals surface area contributed by atoms with E-state index in [4.69, 9.17) is 14.5 Å². The monoisotopic (exact) mass is 738 g/mol. The summed E-state index contributed by atoms with van der Waals surface area (Å²) >= 11 is 0. The molecule has 8 aromatic rings. The summed E-state index contributed by atoms with van der Waals surface area (Å²) in [6.07, 6.45) is 0. The van der Waals surface area contributed by atoms with Gasteiger partial charge in [0.05, 0.1) is 11.4 Å². The van der Waals surface area contributed by atoms with Crippen LogP contribution in [0.15, 0.2) is 133 Å². The second kappa shape index (κ2) is 14.8. The molecule has 1 aromatic heterocycles. The van der Waals surface area contributed by atoms with Crippen molar-refractivity contribution in [1.82, 2.24) is 9.55 Å². The second-order valence-electron chi connectivity index (χ2n) is 14.6. The number of fused-ring (bicyclic) bond motifs is 2. The third kappa shape index (κ3) is 6.66. The molecule has 0 fully saturated rings. The first kappa shape index (κ1) is 36.3. The Morgan fingerprint density at radius 3 is 1.46 bits per heavy atom. The predicted octanol–water partition coefficient (Wildman–Crippen LogP) is 12.2. The maximum absolute atomic E-state index is 12.2. The minimum absolute atomic E-state index is 0.0707. The first-order valence-corrected chi connectivity index (χ1v) is 19.0. The lowest BCUT2D eigenvalue weighted by Crippen LogP contribution is -2.08. The quantitative estimate of drug-likeness (QED) is 0.151. The Kier molecular flexibility index (Phi) is 9.60. The molecular formula is C49H46N4O3. The molecular weight excluding hydrogens is 693 g/mol. The van der Waals surface area contributed by atoms with E-state index >= 15 is 0 Å². The highest BCUT2D eigenvalue weighted by atomic mass is 16.5. The molecule has 0 spiro atoms. The highest BCUT2D eigenvalue weighted by Crippen LogP contribution is 2.51. The number of phenolic OH excluding ortho intramolecular Hbond substituents is 1. The van der Waals surface area contributed by atoms with E-state index < -0.39 is 0 Å². The zero-order valence-electron chi connectivity index (χ0n) is 33.0. The lowest BCUT2D eigenvalue weighted by molar-refractivity contribution is 0.375. The van der Waals surface area contributed by atoms with Gasteiger partial charge in [-0.25, -0.2) is 4.98 Å². The van der Waals surface area contributed by atoms with Gasteiger partial charge >= 0.3 is 0 Å². The number of hydrogen-bond donors (Lipinski definition) is 1. The van der Waals surface area contributed by atoms with Crippen LogP contribution < -0.4 is 19.3 Å². The van der Waals surface area contributed by atoms with E-state index in [-0.39, 0.29) is 5.75 Å². The van der Waals surface area contributed by atoms with E-state index in [2.05, 4.69) is 94.1 Å². The molecule has 0 atom stereocenters. The fourth-order valence-electron chi connectivity index (χ4n) is 7.53. The van der Waals surface area contributed by atoms with Crippen LogP contribution in [0.1, 0.15) is 18.1 Å². The number of aromatic hydroxyl groups is 1. The number of imidazole rings is 1. The van der Waals surface area contributed by atoms with Crippen LogP contribution in [0.2, 0.25) is 0 Å². The maximum atomic E-state index is 12.2. The van der Waals surface area contributed by atoms with Crippen LogP contribution in [-0.2, 0) is 6.54 Å². The summed E-state index contributed by atoms with van der Waals surface area (Å²) < 4.78 is 15.6. The standard InChI is InChI=1S/C49H46N4O3/c1-8-53-45(36-19-25-40(26-20-36)52(6)7)44(35-17-23-39(24-18-35)51(4)5)50-49(53)43-31(2)47(55-41-27-21-33-13-9-11-15-37(33)29-41)46(54)48(32(43)3)56-42-28-22-34-14-10-12-16-38(34)30-42/h9-30,54H,8H2,1-7H3. The topological polar surface area (TPSA) is 63.0 Å². The van der Waals surface area contributed by atoms with Gasteiger partial charge in [0.25, 0.3) is 0 Å². The average Bonchev–Trinajstić information content (AvgIpc) is 3.60. The van der Waals surface area contributed by atoms with Crippen molar-refractivity contribution in [1.29, 1.82) is 0 Å². The molecule has 280 valence electrons. The van der Waals surface area contributed by atoms with Gasteiger partial charge in [0.1, 0.15) is 17.3 Å². The number of nitrogens with zero attached hydrogens (tertiary/aromatic N) is 4. The van der Waals surface area contributed by atoms with E-state index in [1.165, 1.54) is 0 Å². The zero-order valence-corrected chi connectivity index (χ0v) is 33.0. The van der Waals surface area contributed by atoms with Gasteiger partial charge in [-0.1, -0.05) is 84.9 Å². The van der Waals surface area contributed by atoms with Crippen molar-refractivity contribution in [3.63, 3.8) is 0 Å². The number of hydrogen-bond acceptors (Lipinski definition) is 6. The Hall–Kier alpha value is -6.73. The van der Waals surface area contributed by atoms with Crippen LogP contribution in [0.25, 0.3) is 55.4 Å². The van der Waals surface area contributed by atoms with Gasteiger partial charge in [0.15, 0.2) is 11.5 Å². The second-order valence-corrected chi connectivity index (χ2v) is 14.6. The normalized spacial score (nSPS) is 11.3. The number of phenols is 1. The minimum atomic E-state index is -0.0707. The van der Waals surface area contributed by atoms with Gasteiger partial charge in [-0.2, -0.15) is 0 Å². The molecule has 0 radical (unpaired) electrons. The summed E-state index contributed by atoms with van der Waals surface area (Å²) in [5.74, 6) is 2.53. The molecule has 0 amide bonds. The lowest BCUT2D eigenvalue weighted by atomic mass is 9.98. The molecule has 8 rings (SSSR count). The highest BCUT2D eigenvalue weighted by Gasteiger charge is 2.29. The van der Waals surface area contributed by atoms with Crippen LogP contribution in [0.4, 0.5) is 11.4 Å². The largest absolute Gasteiger partial charge is 0.502 e. The molecule has 7 aromatic carbocycles. The molecule has 0 bridgehead atoms. The van der Waals surface area contributed by atoms with Gasteiger partial charge in [-0.05, 0) is 90.8 Å². The van der Waals surface area contributed by atoms with Gasteiger partial charge in [-0.3, -0.25) is 0 Å². The fourth-order valence-corrected chi connectivity index (χ4v) is 7.53. The summed E-state index contributed by atoms with van der Waals surface area (Å²) in [5.41, 5.74) is 8.49. The van der Waals surface area contributed by atoms with E-state index in [0.717, 1.165) is 77.9 Å². The van der Waals surface area contributed by atoms with E-state index in [1.807, 2.05) is 103 Å². The molecule has 0 aliphatic carbocycles. The SMILES string of the molecule is CCn1c(-c2c(C)c(Oc3ccc4ccccc4c3)c(O)c(Oc3ccc4ccccc4c3)c2C)nc(-c2ccc(N(C)C)cc2)c1-c1ccc(N(C)C)cc1. The van der Waals surface area contributed by atoms with E-state index in [0.29, 0.717) is 29.5 Å². The molecule has 56 heavy (non-hydrogen) atoms. The minimum Gasteiger partial charge on any atom is -0.502 e. The first-order chi connectivity index (χ1) is 27.1. The lowest BCUT2D eigenvalue weighted by Gasteiger charge is -2.22. The fraction of sp³-hybridized carbons (Fsp3) is 0.163. The van der Waals surface area contributed by atoms with Crippen molar-refractivity contribution >= 4 is 32.9 Å². The Balaban J connectivity index is 1.37. The van der Waals surface area contributed by atoms with Crippen molar-refractivity contribution in [2.24, 2.45) is 0 Å². The molecule has 0 saturated carbocycles. The summed E-state index contributed by atoms with van der Waals surface area (Å²) in [6.45, 7) is 6.77. The Morgan fingerprint density at radius 1 is 0.571 bits per heavy atom. The van der Waals surface area contributed by atoms with Gasteiger partial charge in [-0.15, -0.1) is 0 Å². The highest BCUT2D eigenvalue weighted by molar-refractivity contribution is 5.88. The number of aromatic nitrogens is 2. The first-order valence-electron chi connectivity index (χ1n) is 19.0. The summed E-state index contributed by atoms with van der Waals surface area (Å²) in [4.78, 5) is 9.70. The smallest absolute Gasteiger partial charge is 0.202 e. The van der Waals surface area contributed by atoms with Crippen molar-refractivity contribution in [2.75, 3.05) is 38.0 Å². The van der Waals surface area contributed by atoms with Crippen LogP contribution in [-0.4, -0.2) is 42.8 Å². The van der Waals surface area contributed by atoms with Gasteiger partial charge < -0.3 is 28.9 Å². The molecule has 1 N–H and O–H groups in total. The van der Waals surface area contributed by atoms with Crippen LogP contribution in [0.5, 0.6) is 28.7 Å².